The first-order valence-corrected chi connectivity index (χ1v) is 9.63. The topological polar surface area (TPSA) is 33.2 Å². The quantitative estimate of drug-likeness (QED) is 0.827. The number of carbonyl (C=O) groups is 1. The smallest absolute Gasteiger partial charge is 0.228 e. The largest absolute Gasteiger partial charge is 0.342 e. The second-order valence-corrected chi connectivity index (χ2v) is 8.02. The highest BCUT2D eigenvalue weighted by atomic mass is 32.1. The molecule has 0 unspecified atom stereocenters. The van der Waals surface area contributed by atoms with Gasteiger partial charge in [0, 0.05) is 18.5 Å². The first-order chi connectivity index (χ1) is 10.6. The number of hydrogen-bond donors (Lipinski definition) is 0. The van der Waals surface area contributed by atoms with Gasteiger partial charge in [0.25, 0.3) is 0 Å². The summed E-state index contributed by atoms with van der Waals surface area (Å²) in [6.07, 6.45) is 5.18. The molecule has 2 heterocycles. The van der Waals surface area contributed by atoms with Crippen LogP contribution in [0.3, 0.4) is 0 Å². The van der Waals surface area contributed by atoms with Gasteiger partial charge in [0.2, 0.25) is 5.91 Å². The summed E-state index contributed by atoms with van der Waals surface area (Å²) < 4.78 is 0. The van der Waals surface area contributed by atoms with E-state index in [1.807, 2.05) is 23.4 Å². The normalized spacial score (nSPS) is 21.7. The second-order valence-electron chi connectivity index (χ2n) is 6.22. The lowest BCUT2D eigenvalue weighted by Crippen LogP contribution is -2.40. The summed E-state index contributed by atoms with van der Waals surface area (Å²) in [5.41, 5.74) is 0.898. The van der Waals surface area contributed by atoms with Crippen molar-refractivity contribution in [2.75, 3.05) is 7.05 Å². The molecule has 3 nitrogen and oxygen atoms in total. The summed E-state index contributed by atoms with van der Waals surface area (Å²) in [7, 11) is 1.95. The van der Waals surface area contributed by atoms with Crippen LogP contribution in [0.2, 0.25) is 0 Å². The number of amides is 1. The SMILES string of the molecule is CC1CCC(N(C)C(=O)Cc2csc(-c3cccs3)n2)CC1. The standard InChI is InChI=1S/C17H22N2OS2/c1-12-5-7-14(8-6-12)19(2)16(20)10-13-11-22-17(18-13)15-4-3-9-21-15/h3-4,9,11-12,14H,5-8,10H2,1-2H3. The number of hydrogen-bond acceptors (Lipinski definition) is 4. The minimum absolute atomic E-state index is 0.197. The fraction of sp³-hybridized carbons (Fsp3) is 0.529. The number of nitrogens with zero attached hydrogens (tertiary/aromatic N) is 2. The van der Waals surface area contributed by atoms with Gasteiger partial charge in [-0.1, -0.05) is 13.0 Å². The van der Waals surface area contributed by atoms with Crippen LogP contribution in [0.4, 0.5) is 0 Å². The van der Waals surface area contributed by atoms with Crippen LogP contribution < -0.4 is 0 Å². The van der Waals surface area contributed by atoms with Crippen LogP contribution in [-0.2, 0) is 11.2 Å². The predicted molar refractivity (Wildman–Crippen MR) is 93.3 cm³/mol. The lowest BCUT2D eigenvalue weighted by atomic mass is 9.86. The number of rotatable bonds is 4. The van der Waals surface area contributed by atoms with Gasteiger partial charge in [0.15, 0.2) is 0 Å². The van der Waals surface area contributed by atoms with Crippen LogP contribution in [0.25, 0.3) is 9.88 Å². The third kappa shape index (κ3) is 3.58. The molecule has 0 spiro atoms. The molecular formula is C17H22N2OS2. The van der Waals surface area contributed by atoms with E-state index in [4.69, 9.17) is 0 Å². The molecule has 0 aromatic carbocycles. The molecule has 1 saturated carbocycles. The average molecular weight is 335 g/mol. The van der Waals surface area contributed by atoms with Crippen molar-refractivity contribution in [2.24, 2.45) is 5.92 Å². The molecule has 3 rings (SSSR count). The van der Waals surface area contributed by atoms with Gasteiger partial charge in [0.1, 0.15) is 5.01 Å². The Morgan fingerprint density at radius 3 is 2.77 bits per heavy atom. The summed E-state index contributed by atoms with van der Waals surface area (Å²) in [6, 6.07) is 4.52. The molecule has 1 aliphatic carbocycles. The summed E-state index contributed by atoms with van der Waals surface area (Å²) in [5.74, 6) is 1.01. The predicted octanol–water partition coefficient (Wildman–Crippen LogP) is 4.45. The highest BCUT2D eigenvalue weighted by Crippen LogP contribution is 2.29. The van der Waals surface area contributed by atoms with Gasteiger partial charge >= 0.3 is 0 Å². The number of carbonyl (C=O) groups excluding carboxylic acids is 1. The van der Waals surface area contributed by atoms with Crippen molar-refractivity contribution in [3.8, 4) is 9.88 Å². The Morgan fingerprint density at radius 2 is 2.09 bits per heavy atom. The fourth-order valence-electron chi connectivity index (χ4n) is 3.01. The summed E-state index contributed by atoms with van der Waals surface area (Å²) in [4.78, 5) is 20.2. The Bertz CT molecular complexity index is 612. The average Bonchev–Trinajstić information content (AvgIpc) is 3.18. The van der Waals surface area contributed by atoms with E-state index in [0.29, 0.717) is 12.5 Å². The first kappa shape index (κ1) is 15.7. The van der Waals surface area contributed by atoms with E-state index in [9.17, 15) is 4.79 Å². The van der Waals surface area contributed by atoms with Gasteiger partial charge in [-0.15, -0.1) is 22.7 Å². The van der Waals surface area contributed by atoms with Gasteiger partial charge in [-0.3, -0.25) is 4.79 Å². The van der Waals surface area contributed by atoms with Crippen LogP contribution in [0.5, 0.6) is 0 Å². The van der Waals surface area contributed by atoms with Crippen molar-refractivity contribution in [2.45, 2.75) is 45.1 Å². The molecule has 0 aliphatic heterocycles. The lowest BCUT2D eigenvalue weighted by molar-refractivity contribution is -0.132. The monoisotopic (exact) mass is 334 g/mol. The Kier molecular flexibility index (Phi) is 4.93. The number of likely N-dealkylation sites (N-methyl/N-ethyl adjacent to an activating group) is 1. The van der Waals surface area contributed by atoms with Gasteiger partial charge in [-0.25, -0.2) is 4.98 Å². The molecule has 2 aromatic heterocycles. The minimum atomic E-state index is 0.197. The van der Waals surface area contributed by atoms with Crippen LogP contribution in [0, 0.1) is 5.92 Å². The third-order valence-electron chi connectivity index (χ3n) is 4.54. The summed E-state index contributed by atoms with van der Waals surface area (Å²) >= 11 is 3.32. The number of thiazole rings is 1. The van der Waals surface area contributed by atoms with Crippen molar-refractivity contribution < 1.29 is 4.79 Å². The fourth-order valence-corrected chi connectivity index (χ4v) is 4.65. The molecular weight excluding hydrogens is 312 g/mol. The summed E-state index contributed by atoms with van der Waals surface area (Å²) in [6.45, 7) is 2.30. The van der Waals surface area contributed by atoms with E-state index in [0.717, 1.165) is 29.5 Å². The maximum Gasteiger partial charge on any atom is 0.228 e. The van der Waals surface area contributed by atoms with E-state index >= 15 is 0 Å². The van der Waals surface area contributed by atoms with E-state index in [2.05, 4.69) is 23.4 Å². The van der Waals surface area contributed by atoms with E-state index in [1.165, 1.54) is 17.7 Å². The molecule has 118 valence electrons. The minimum Gasteiger partial charge on any atom is -0.342 e. The Balaban J connectivity index is 1.59. The van der Waals surface area contributed by atoms with E-state index < -0.39 is 0 Å². The van der Waals surface area contributed by atoms with Crippen molar-refractivity contribution >= 4 is 28.6 Å². The van der Waals surface area contributed by atoms with Crippen LogP contribution >= 0.6 is 22.7 Å². The molecule has 5 heteroatoms. The number of aromatic nitrogens is 1. The third-order valence-corrected chi connectivity index (χ3v) is 6.47. The summed E-state index contributed by atoms with van der Waals surface area (Å²) in [5, 5.41) is 5.09. The van der Waals surface area contributed by atoms with Gasteiger partial charge < -0.3 is 4.90 Å². The van der Waals surface area contributed by atoms with Gasteiger partial charge in [-0.2, -0.15) is 0 Å². The zero-order valence-electron chi connectivity index (χ0n) is 13.1. The lowest BCUT2D eigenvalue weighted by Gasteiger charge is -2.33. The Labute approximate surface area is 140 Å². The Morgan fingerprint density at radius 1 is 1.32 bits per heavy atom. The van der Waals surface area contributed by atoms with Crippen LogP contribution in [0.15, 0.2) is 22.9 Å². The molecule has 0 saturated heterocycles. The van der Waals surface area contributed by atoms with Crippen molar-refractivity contribution in [3.05, 3.63) is 28.6 Å². The number of thiophene rings is 1. The molecule has 0 atom stereocenters. The molecule has 1 amide bonds. The molecule has 1 aliphatic rings. The second kappa shape index (κ2) is 6.92. The molecule has 1 fully saturated rings. The molecule has 0 bridgehead atoms. The zero-order valence-corrected chi connectivity index (χ0v) is 14.8. The highest BCUT2D eigenvalue weighted by Gasteiger charge is 2.25. The molecule has 22 heavy (non-hydrogen) atoms. The van der Waals surface area contributed by atoms with E-state index in [1.54, 1.807) is 22.7 Å². The highest BCUT2D eigenvalue weighted by molar-refractivity contribution is 7.20. The zero-order chi connectivity index (χ0) is 15.5. The molecule has 0 N–H and O–H groups in total. The Hall–Kier alpha value is -1.20. The van der Waals surface area contributed by atoms with E-state index in [-0.39, 0.29) is 5.91 Å². The molecule has 2 aromatic rings. The maximum atomic E-state index is 12.5. The van der Waals surface area contributed by atoms with Crippen molar-refractivity contribution in [3.63, 3.8) is 0 Å². The molecule has 0 radical (unpaired) electrons. The van der Waals surface area contributed by atoms with Crippen molar-refractivity contribution in [1.82, 2.24) is 9.88 Å². The van der Waals surface area contributed by atoms with Crippen LogP contribution in [0.1, 0.15) is 38.3 Å². The van der Waals surface area contributed by atoms with Gasteiger partial charge in [0.05, 0.1) is 17.0 Å². The first-order valence-electron chi connectivity index (χ1n) is 7.87. The van der Waals surface area contributed by atoms with Crippen molar-refractivity contribution in [1.29, 1.82) is 0 Å². The van der Waals surface area contributed by atoms with Crippen LogP contribution in [-0.4, -0.2) is 28.9 Å². The van der Waals surface area contributed by atoms with Gasteiger partial charge in [-0.05, 0) is 43.0 Å². The maximum absolute atomic E-state index is 12.5.